The molecule has 0 aliphatic rings. The smallest absolute Gasteiger partial charge is 0.130 e. The second kappa shape index (κ2) is 8.58. The highest BCUT2D eigenvalue weighted by Gasteiger charge is 2.12. The van der Waals surface area contributed by atoms with E-state index < -0.39 is 6.67 Å². The number of aromatic nitrogens is 1. The Hall–Kier alpha value is -3.01. The van der Waals surface area contributed by atoms with Gasteiger partial charge in [0.2, 0.25) is 0 Å². The lowest BCUT2D eigenvalue weighted by molar-refractivity contribution is -0.116. The molecule has 0 unspecified atom stereocenters. The van der Waals surface area contributed by atoms with Gasteiger partial charge in [-0.1, -0.05) is 24.3 Å². The predicted octanol–water partition coefficient (Wildman–Crippen LogP) is 5.42. The van der Waals surface area contributed by atoms with Gasteiger partial charge in [0.05, 0.1) is 7.11 Å². The Morgan fingerprint density at radius 2 is 1.81 bits per heavy atom. The Bertz CT molecular complexity index is 938. The van der Waals surface area contributed by atoms with E-state index in [4.69, 9.17) is 4.74 Å². The van der Waals surface area contributed by atoms with Crippen molar-refractivity contribution in [2.45, 2.75) is 26.4 Å². The van der Waals surface area contributed by atoms with Crippen LogP contribution in [0.4, 0.5) is 4.39 Å². The normalized spacial score (nSPS) is 10.6. The van der Waals surface area contributed by atoms with E-state index in [1.165, 1.54) is 0 Å². The molecular formula is C23H22FNO2. The number of benzene rings is 2. The minimum Gasteiger partial charge on any atom is -0.497 e. The molecule has 0 fully saturated rings. The summed E-state index contributed by atoms with van der Waals surface area (Å²) in [6.45, 7) is 1.03. The number of rotatable bonds is 7. The molecule has 3 aromatic rings. The van der Waals surface area contributed by atoms with Gasteiger partial charge in [0.15, 0.2) is 0 Å². The van der Waals surface area contributed by atoms with Crippen molar-refractivity contribution >= 4 is 5.78 Å². The number of Topliss-reactive ketones (excluding diaryl/α,β-unsaturated/α-hetero) is 1. The van der Waals surface area contributed by atoms with Gasteiger partial charge in [-0.05, 0) is 65.4 Å². The maximum Gasteiger partial charge on any atom is 0.130 e. The standard InChI is InChI=1S/C23H22FNO2/c1-16(26)5-6-18-13-21(27-2)8-10-22(18)17-7-9-23(20(12-17)14-24)19-4-3-11-25-15-19/h3-4,7-13,15H,5-6,14H2,1-2H3. The van der Waals surface area contributed by atoms with Crippen LogP contribution in [0.15, 0.2) is 60.9 Å². The van der Waals surface area contributed by atoms with Gasteiger partial charge in [0, 0.05) is 24.4 Å². The van der Waals surface area contributed by atoms with Gasteiger partial charge in [-0.15, -0.1) is 0 Å². The number of hydrogen-bond acceptors (Lipinski definition) is 3. The Balaban J connectivity index is 2.04. The van der Waals surface area contributed by atoms with Crippen molar-refractivity contribution in [1.29, 1.82) is 0 Å². The molecule has 0 saturated carbocycles. The monoisotopic (exact) mass is 363 g/mol. The first-order valence-corrected chi connectivity index (χ1v) is 8.88. The summed E-state index contributed by atoms with van der Waals surface area (Å²) in [5, 5.41) is 0. The number of ketones is 1. The minimum atomic E-state index is -0.559. The summed E-state index contributed by atoms with van der Waals surface area (Å²) >= 11 is 0. The first-order chi connectivity index (χ1) is 13.1. The molecule has 0 spiro atoms. The first kappa shape index (κ1) is 18.8. The Morgan fingerprint density at radius 1 is 1.04 bits per heavy atom. The molecule has 0 N–H and O–H groups in total. The molecule has 138 valence electrons. The fourth-order valence-corrected chi connectivity index (χ4v) is 3.17. The van der Waals surface area contributed by atoms with Crippen molar-refractivity contribution in [2.24, 2.45) is 0 Å². The summed E-state index contributed by atoms with van der Waals surface area (Å²) in [6.07, 6.45) is 4.52. The highest BCUT2D eigenvalue weighted by atomic mass is 19.1. The number of methoxy groups -OCH3 is 1. The van der Waals surface area contributed by atoms with Gasteiger partial charge in [-0.3, -0.25) is 4.98 Å². The lowest BCUT2D eigenvalue weighted by atomic mass is 9.92. The average Bonchev–Trinajstić information content (AvgIpc) is 2.72. The highest BCUT2D eigenvalue weighted by molar-refractivity contribution is 5.78. The van der Waals surface area contributed by atoms with Crippen LogP contribution in [0, 0.1) is 0 Å². The van der Waals surface area contributed by atoms with Crippen molar-refractivity contribution in [2.75, 3.05) is 7.11 Å². The number of hydrogen-bond donors (Lipinski definition) is 0. The van der Waals surface area contributed by atoms with Crippen molar-refractivity contribution in [3.8, 4) is 28.0 Å². The second-order valence-corrected chi connectivity index (χ2v) is 6.47. The van der Waals surface area contributed by atoms with Crippen molar-refractivity contribution in [3.05, 3.63) is 72.1 Å². The maximum absolute atomic E-state index is 13.8. The summed E-state index contributed by atoms with van der Waals surface area (Å²) in [7, 11) is 1.62. The van der Waals surface area contributed by atoms with E-state index in [1.54, 1.807) is 26.4 Å². The number of alkyl halides is 1. The van der Waals surface area contributed by atoms with E-state index in [0.717, 1.165) is 33.6 Å². The summed E-state index contributed by atoms with van der Waals surface area (Å²) in [4.78, 5) is 15.6. The number of carbonyl (C=O) groups excluding carboxylic acids is 1. The van der Waals surface area contributed by atoms with E-state index in [1.807, 2.05) is 48.5 Å². The maximum atomic E-state index is 13.8. The SMILES string of the molecule is COc1ccc(-c2ccc(-c3cccnc3)c(CF)c2)c(CCC(C)=O)c1. The van der Waals surface area contributed by atoms with Crippen LogP contribution < -0.4 is 4.74 Å². The van der Waals surface area contributed by atoms with Crippen LogP contribution in [0.2, 0.25) is 0 Å². The minimum absolute atomic E-state index is 0.139. The molecule has 3 rings (SSSR count). The first-order valence-electron chi connectivity index (χ1n) is 8.88. The summed E-state index contributed by atoms with van der Waals surface area (Å²) in [5.41, 5.74) is 5.29. The van der Waals surface area contributed by atoms with Crippen LogP contribution in [0.25, 0.3) is 22.3 Å². The second-order valence-electron chi connectivity index (χ2n) is 6.47. The molecule has 1 aromatic heterocycles. The van der Waals surface area contributed by atoms with E-state index in [2.05, 4.69) is 4.98 Å². The van der Waals surface area contributed by atoms with Crippen LogP contribution in [0.3, 0.4) is 0 Å². The molecular weight excluding hydrogens is 341 g/mol. The van der Waals surface area contributed by atoms with Gasteiger partial charge < -0.3 is 9.53 Å². The summed E-state index contributed by atoms with van der Waals surface area (Å²) in [6, 6.07) is 15.4. The number of ether oxygens (including phenoxy) is 1. The number of halogens is 1. The molecule has 0 aliphatic heterocycles. The fourth-order valence-electron chi connectivity index (χ4n) is 3.17. The van der Waals surface area contributed by atoms with E-state index in [0.29, 0.717) is 18.4 Å². The van der Waals surface area contributed by atoms with Crippen LogP contribution in [0.5, 0.6) is 5.75 Å². The highest BCUT2D eigenvalue weighted by Crippen LogP contribution is 2.33. The Morgan fingerprint density at radius 3 is 2.48 bits per heavy atom. The van der Waals surface area contributed by atoms with Gasteiger partial charge in [0.25, 0.3) is 0 Å². The number of aryl methyl sites for hydroxylation is 1. The van der Waals surface area contributed by atoms with E-state index in [-0.39, 0.29) is 5.78 Å². The van der Waals surface area contributed by atoms with Gasteiger partial charge in [-0.2, -0.15) is 0 Å². The van der Waals surface area contributed by atoms with Crippen molar-refractivity contribution in [3.63, 3.8) is 0 Å². The molecule has 4 heteroatoms. The van der Waals surface area contributed by atoms with Crippen LogP contribution in [-0.2, 0) is 17.9 Å². The van der Waals surface area contributed by atoms with Gasteiger partial charge in [-0.25, -0.2) is 4.39 Å². The zero-order valence-corrected chi connectivity index (χ0v) is 15.5. The third-order valence-electron chi connectivity index (χ3n) is 4.59. The lowest BCUT2D eigenvalue weighted by Crippen LogP contribution is -1.98. The molecule has 0 aliphatic carbocycles. The average molecular weight is 363 g/mol. The zero-order valence-electron chi connectivity index (χ0n) is 15.5. The van der Waals surface area contributed by atoms with Crippen LogP contribution in [-0.4, -0.2) is 17.9 Å². The van der Waals surface area contributed by atoms with Crippen molar-refractivity contribution < 1.29 is 13.9 Å². The third-order valence-corrected chi connectivity index (χ3v) is 4.59. The summed E-state index contributed by atoms with van der Waals surface area (Å²) < 4.78 is 19.1. The lowest BCUT2D eigenvalue weighted by Gasteiger charge is -2.14. The molecule has 0 amide bonds. The van der Waals surface area contributed by atoms with Crippen LogP contribution >= 0.6 is 0 Å². The molecule has 3 nitrogen and oxygen atoms in total. The molecule has 27 heavy (non-hydrogen) atoms. The third kappa shape index (κ3) is 4.40. The van der Waals surface area contributed by atoms with Gasteiger partial charge >= 0.3 is 0 Å². The van der Waals surface area contributed by atoms with Gasteiger partial charge in [0.1, 0.15) is 18.2 Å². The topological polar surface area (TPSA) is 39.2 Å². The van der Waals surface area contributed by atoms with Crippen molar-refractivity contribution in [1.82, 2.24) is 4.98 Å². The molecule has 0 bridgehead atoms. The Labute approximate surface area is 158 Å². The number of pyridine rings is 1. The van der Waals surface area contributed by atoms with Crippen LogP contribution in [0.1, 0.15) is 24.5 Å². The molecule has 0 saturated heterocycles. The zero-order chi connectivity index (χ0) is 19.2. The fraction of sp³-hybridized carbons (Fsp3) is 0.217. The van der Waals surface area contributed by atoms with E-state index >= 15 is 0 Å². The molecule has 0 radical (unpaired) electrons. The predicted molar refractivity (Wildman–Crippen MR) is 105 cm³/mol. The quantitative estimate of drug-likeness (QED) is 0.563. The number of nitrogens with zero attached hydrogens (tertiary/aromatic N) is 1. The molecule has 0 atom stereocenters. The Kier molecular flexibility index (Phi) is 5.97. The summed E-state index contributed by atoms with van der Waals surface area (Å²) in [5.74, 6) is 0.884. The van der Waals surface area contributed by atoms with E-state index in [9.17, 15) is 9.18 Å². The largest absolute Gasteiger partial charge is 0.497 e. The molecule has 1 heterocycles. The molecule has 2 aromatic carbocycles. The number of carbonyl (C=O) groups is 1.